The molecule has 0 spiro atoms. The lowest BCUT2D eigenvalue weighted by molar-refractivity contribution is -0.0764. The van der Waals surface area contributed by atoms with E-state index in [2.05, 4.69) is 17.1 Å². The molecule has 1 saturated heterocycles. The molecule has 0 aliphatic carbocycles. The Kier molecular flexibility index (Phi) is 3.05. The summed E-state index contributed by atoms with van der Waals surface area (Å²) in [5.74, 6) is 0.0511. The van der Waals surface area contributed by atoms with Gasteiger partial charge in [0, 0.05) is 24.0 Å². The maximum atomic E-state index is 12.6. The molecular formula is C16H20N2O2. The first-order valence-corrected chi connectivity index (χ1v) is 6.97. The second kappa shape index (κ2) is 4.63. The number of ether oxygens (including phenoxy) is 1. The van der Waals surface area contributed by atoms with Gasteiger partial charge in [-0.1, -0.05) is 12.1 Å². The summed E-state index contributed by atoms with van der Waals surface area (Å²) < 4.78 is 5.65. The Hall–Kier alpha value is -1.81. The highest BCUT2D eigenvalue weighted by Gasteiger charge is 2.30. The number of fused-ring (bicyclic) bond motifs is 1. The molecule has 0 atom stereocenters. The van der Waals surface area contributed by atoms with Crippen molar-refractivity contribution in [1.82, 2.24) is 9.88 Å². The van der Waals surface area contributed by atoms with E-state index in [1.807, 2.05) is 37.8 Å². The minimum atomic E-state index is -0.267. The van der Waals surface area contributed by atoms with Crippen LogP contribution in [-0.4, -0.2) is 41.1 Å². The summed E-state index contributed by atoms with van der Waals surface area (Å²) in [4.78, 5) is 17.7. The van der Waals surface area contributed by atoms with Crippen LogP contribution in [0.5, 0.6) is 0 Å². The van der Waals surface area contributed by atoms with Gasteiger partial charge in [-0.05, 0) is 38.5 Å². The lowest BCUT2D eigenvalue weighted by Gasteiger charge is -2.37. The van der Waals surface area contributed by atoms with Crippen LogP contribution in [0.25, 0.3) is 10.9 Å². The minimum absolute atomic E-state index is 0.0511. The molecule has 0 radical (unpaired) electrons. The van der Waals surface area contributed by atoms with E-state index in [4.69, 9.17) is 4.74 Å². The second-order valence-electron chi connectivity index (χ2n) is 6.11. The highest BCUT2D eigenvalue weighted by Crippen LogP contribution is 2.21. The third-order valence-corrected chi connectivity index (χ3v) is 3.72. The van der Waals surface area contributed by atoms with Gasteiger partial charge in [0.05, 0.1) is 12.2 Å². The number of H-pyrrole nitrogens is 1. The highest BCUT2D eigenvalue weighted by molar-refractivity contribution is 5.98. The smallest absolute Gasteiger partial charge is 0.270 e. The first-order valence-electron chi connectivity index (χ1n) is 6.97. The Balaban J connectivity index is 1.88. The molecule has 2 aromatic rings. The molecule has 20 heavy (non-hydrogen) atoms. The maximum absolute atomic E-state index is 12.6. The van der Waals surface area contributed by atoms with Gasteiger partial charge in [0.15, 0.2) is 0 Å². The zero-order valence-electron chi connectivity index (χ0n) is 12.2. The van der Waals surface area contributed by atoms with E-state index in [9.17, 15) is 4.79 Å². The third-order valence-electron chi connectivity index (χ3n) is 3.72. The number of nitrogens with zero attached hydrogens (tertiary/aromatic N) is 1. The third kappa shape index (κ3) is 2.43. The molecule has 1 N–H and O–H groups in total. The highest BCUT2D eigenvalue weighted by atomic mass is 16.5. The first-order chi connectivity index (χ1) is 9.44. The number of carbonyl (C=O) groups is 1. The number of hydrogen-bond acceptors (Lipinski definition) is 2. The van der Waals surface area contributed by atoms with Crippen molar-refractivity contribution in [2.24, 2.45) is 0 Å². The summed E-state index contributed by atoms with van der Waals surface area (Å²) in [5, 5.41) is 1.08. The van der Waals surface area contributed by atoms with Gasteiger partial charge in [0.1, 0.15) is 5.69 Å². The van der Waals surface area contributed by atoms with Crippen LogP contribution < -0.4 is 0 Å². The van der Waals surface area contributed by atoms with Gasteiger partial charge in [-0.25, -0.2) is 0 Å². The SMILES string of the molecule is Cc1ccc2cc(C(=O)N3CCOC(C)(C)C3)[nH]c2c1. The summed E-state index contributed by atoms with van der Waals surface area (Å²) in [6.07, 6.45) is 0. The molecule has 3 rings (SSSR count). The average Bonchev–Trinajstić information content (AvgIpc) is 2.79. The number of morpholine rings is 1. The topological polar surface area (TPSA) is 45.3 Å². The van der Waals surface area contributed by atoms with Crippen LogP contribution in [0.15, 0.2) is 24.3 Å². The minimum Gasteiger partial charge on any atom is -0.372 e. The van der Waals surface area contributed by atoms with Gasteiger partial charge in [-0.15, -0.1) is 0 Å². The van der Waals surface area contributed by atoms with Gasteiger partial charge in [-0.3, -0.25) is 4.79 Å². The maximum Gasteiger partial charge on any atom is 0.270 e. The van der Waals surface area contributed by atoms with Gasteiger partial charge in [-0.2, -0.15) is 0 Å². The number of carbonyl (C=O) groups excluding carboxylic acids is 1. The Morgan fingerprint density at radius 3 is 2.90 bits per heavy atom. The molecule has 1 aromatic carbocycles. The lowest BCUT2D eigenvalue weighted by atomic mass is 10.1. The number of aromatic amines is 1. The molecule has 2 heterocycles. The molecule has 1 aliphatic rings. The molecule has 0 bridgehead atoms. The van der Waals surface area contributed by atoms with Crippen LogP contribution in [-0.2, 0) is 4.74 Å². The van der Waals surface area contributed by atoms with E-state index in [-0.39, 0.29) is 11.5 Å². The van der Waals surface area contributed by atoms with Crippen LogP contribution in [0.2, 0.25) is 0 Å². The fourth-order valence-electron chi connectivity index (χ4n) is 2.72. The van der Waals surface area contributed by atoms with Crippen molar-refractivity contribution < 1.29 is 9.53 Å². The largest absolute Gasteiger partial charge is 0.372 e. The van der Waals surface area contributed by atoms with Crippen molar-refractivity contribution in [2.75, 3.05) is 19.7 Å². The summed E-state index contributed by atoms with van der Waals surface area (Å²) in [6.45, 7) is 7.95. The molecule has 4 heteroatoms. The summed E-state index contributed by atoms with van der Waals surface area (Å²) in [7, 11) is 0. The second-order valence-corrected chi connectivity index (χ2v) is 6.11. The fraction of sp³-hybridized carbons (Fsp3) is 0.438. The van der Waals surface area contributed by atoms with Crippen LogP contribution in [0.3, 0.4) is 0 Å². The van der Waals surface area contributed by atoms with Gasteiger partial charge >= 0.3 is 0 Å². The van der Waals surface area contributed by atoms with Crippen molar-refractivity contribution in [1.29, 1.82) is 0 Å². The summed E-state index contributed by atoms with van der Waals surface area (Å²) in [6, 6.07) is 8.10. The number of benzene rings is 1. The standard InChI is InChI=1S/C16H20N2O2/c1-11-4-5-12-9-14(17-13(12)8-11)15(19)18-6-7-20-16(2,3)10-18/h4-5,8-9,17H,6-7,10H2,1-3H3. The molecule has 1 aliphatic heterocycles. The summed E-state index contributed by atoms with van der Waals surface area (Å²) in [5.41, 5.74) is 2.59. The number of nitrogens with one attached hydrogen (secondary N) is 1. The van der Waals surface area contributed by atoms with Crippen molar-refractivity contribution in [3.05, 3.63) is 35.5 Å². The van der Waals surface area contributed by atoms with E-state index in [1.165, 1.54) is 5.56 Å². The predicted molar refractivity (Wildman–Crippen MR) is 79.0 cm³/mol. The van der Waals surface area contributed by atoms with Crippen LogP contribution >= 0.6 is 0 Å². The van der Waals surface area contributed by atoms with E-state index in [0.717, 1.165) is 10.9 Å². The van der Waals surface area contributed by atoms with Crippen molar-refractivity contribution in [3.63, 3.8) is 0 Å². The zero-order chi connectivity index (χ0) is 14.3. The number of hydrogen-bond donors (Lipinski definition) is 1. The number of rotatable bonds is 1. The summed E-state index contributed by atoms with van der Waals surface area (Å²) >= 11 is 0. The fourth-order valence-corrected chi connectivity index (χ4v) is 2.72. The Labute approximate surface area is 118 Å². The molecule has 4 nitrogen and oxygen atoms in total. The molecule has 0 saturated carbocycles. The molecule has 106 valence electrons. The van der Waals surface area contributed by atoms with Crippen LogP contribution in [0, 0.1) is 6.92 Å². The van der Waals surface area contributed by atoms with Gasteiger partial charge in [0.25, 0.3) is 5.91 Å². The molecule has 1 aromatic heterocycles. The zero-order valence-corrected chi connectivity index (χ0v) is 12.2. The number of aromatic nitrogens is 1. The van der Waals surface area contributed by atoms with Crippen LogP contribution in [0.4, 0.5) is 0 Å². The Morgan fingerprint density at radius 1 is 1.35 bits per heavy atom. The Bertz CT molecular complexity index is 658. The molecule has 0 unspecified atom stereocenters. The van der Waals surface area contributed by atoms with E-state index in [1.54, 1.807) is 0 Å². The number of amides is 1. The Morgan fingerprint density at radius 2 is 2.15 bits per heavy atom. The van der Waals surface area contributed by atoms with Crippen LogP contribution in [0.1, 0.15) is 29.9 Å². The molecule has 1 amide bonds. The monoisotopic (exact) mass is 272 g/mol. The van der Waals surface area contributed by atoms with Gasteiger partial charge in [0.2, 0.25) is 0 Å². The molecular weight excluding hydrogens is 252 g/mol. The van der Waals surface area contributed by atoms with Crippen molar-refractivity contribution in [3.8, 4) is 0 Å². The van der Waals surface area contributed by atoms with Crippen molar-refractivity contribution in [2.45, 2.75) is 26.4 Å². The normalized spacial score (nSPS) is 18.4. The van der Waals surface area contributed by atoms with Crippen molar-refractivity contribution >= 4 is 16.8 Å². The van der Waals surface area contributed by atoms with E-state index >= 15 is 0 Å². The van der Waals surface area contributed by atoms with Gasteiger partial charge < -0.3 is 14.6 Å². The van der Waals surface area contributed by atoms with E-state index < -0.39 is 0 Å². The number of aryl methyl sites for hydroxylation is 1. The molecule has 1 fully saturated rings. The predicted octanol–water partition coefficient (Wildman–Crippen LogP) is 2.73. The average molecular weight is 272 g/mol. The lowest BCUT2D eigenvalue weighted by Crippen LogP contribution is -2.50. The quantitative estimate of drug-likeness (QED) is 0.867. The van der Waals surface area contributed by atoms with E-state index in [0.29, 0.717) is 25.4 Å². The first kappa shape index (κ1) is 13.2.